The fourth-order valence-corrected chi connectivity index (χ4v) is 3.74. The standard InChI is InChI=1S/C19H35N5.HI/c1-16(2)14-19(8-7-9-19)15-23-18(20-4)22-10-5-6-12-24-13-11-21-17(24)3;/h11,13,16H,5-10,12,14-15H2,1-4H3,(H2,20,22,23);1H. The molecule has 6 heteroatoms. The van der Waals surface area contributed by atoms with Crippen LogP contribution in [-0.2, 0) is 6.54 Å². The number of unbranched alkanes of at least 4 members (excludes halogenated alkanes) is 1. The van der Waals surface area contributed by atoms with Crippen LogP contribution in [0.4, 0.5) is 0 Å². The Morgan fingerprint density at radius 3 is 2.60 bits per heavy atom. The maximum atomic E-state index is 4.37. The highest BCUT2D eigenvalue weighted by molar-refractivity contribution is 14.0. The molecule has 2 N–H and O–H groups in total. The van der Waals surface area contributed by atoms with Crippen LogP contribution in [0.15, 0.2) is 17.4 Å². The smallest absolute Gasteiger partial charge is 0.190 e. The third-order valence-electron chi connectivity index (χ3n) is 5.15. The summed E-state index contributed by atoms with van der Waals surface area (Å²) in [5, 5.41) is 7.01. The van der Waals surface area contributed by atoms with Crippen LogP contribution >= 0.6 is 24.0 Å². The highest BCUT2D eigenvalue weighted by atomic mass is 127. The van der Waals surface area contributed by atoms with E-state index >= 15 is 0 Å². The summed E-state index contributed by atoms with van der Waals surface area (Å²) in [5.74, 6) is 2.81. The van der Waals surface area contributed by atoms with Crippen molar-refractivity contribution in [3.63, 3.8) is 0 Å². The van der Waals surface area contributed by atoms with Crippen LogP contribution in [0.3, 0.4) is 0 Å². The zero-order valence-corrected chi connectivity index (χ0v) is 18.7. The van der Waals surface area contributed by atoms with E-state index in [1.807, 2.05) is 13.2 Å². The highest BCUT2D eigenvalue weighted by Crippen LogP contribution is 2.45. The summed E-state index contributed by atoms with van der Waals surface area (Å²) in [4.78, 5) is 8.63. The number of halogens is 1. The van der Waals surface area contributed by atoms with Gasteiger partial charge in [0.15, 0.2) is 5.96 Å². The Balaban J connectivity index is 0.00000312. The minimum absolute atomic E-state index is 0. The Bertz CT molecular complexity index is 520. The molecule has 0 bridgehead atoms. The average molecular weight is 461 g/mol. The number of hydrogen-bond acceptors (Lipinski definition) is 2. The lowest BCUT2D eigenvalue weighted by Gasteiger charge is -2.43. The van der Waals surface area contributed by atoms with Crippen molar-refractivity contribution in [2.24, 2.45) is 16.3 Å². The molecule has 0 amide bonds. The number of nitrogens with one attached hydrogen (secondary N) is 2. The molecule has 1 aliphatic rings. The van der Waals surface area contributed by atoms with Crippen molar-refractivity contribution >= 4 is 29.9 Å². The molecule has 0 radical (unpaired) electrons. The molecule has 1 saturated carbocycles. The van der Waals surface area contributed by atoms with E-state index in [4.69, 9.17) is 0 Å². The van der Waals surface area contributed by atoms with Gasteiger partial charge in [-0.3, -0.25) is 4.99 Å². The van der Waals surface area contributed by atoms with Crippen molar-refractivity contribution in [1.29, 1.82) is 0 Å². The Morgan fingerprint density at radius 1 is 1.32 bits per heavy atom. The number of nitrogens with zero attached hydrogens (tertiary/aromatic N) is 3. The molecule has 1 aromatic heterocycles. The molecule has 1 aliphatic carbocycles. The van der Waals surface area contributed by atoms with E-state index in [1.165, 1.54) is 25.7 Å². The highest BCUT2D eigenvalue weighted by Gasteiger charge is 2.37. The molecule has 1 aromatic rings. The lowest BCUT2D eigenvalue weighted by atomic mass is 9.64. The van der Waals surface area contributed by atoms with Gasteiger partial charge in [0.25, 0.3) is 0 Å². The third-order valence-corrected chi connectivity index (χ3v) is 5.15. The van der Waals surface area contributed by atoms with Crippen LogP contribution in [0.5, 0.6) is 0 Å². The van der Waals surface area contributed by atoms with E-state index in [2.05, 4.69) is 52.1 Å². The monoisotopic (exact) mass is 461 g/mol. The van der Waals surface area contributed by atoms with E-state index in [-0.39, 0.29) is 24.0 Å². The molecule has 5 nitrogen and oxygen atoms in total. The number of aliphatic imine (C=N–C) groups is 1. The average Bonchev–Trinajstić information content (AvgIpc) is 2.92. The van der Waals surface area contributed by atoms with E-state index in [9.17, 15) is 0 Å². The molecule has 144 valence electrons. The van der Waals surface area contributed by atoms with Crippen molar-refractivity contribution in [3.05, 3.63) is 18.2 Å². The summed E-state index contributed by atoms with van der Waals surface area (Å²) in [5.41, 5.74) is 0.505. The van der Waals surface area contributed by atoms with Gasteiger partial charge < -0.3 is 15.2 Å². The summed E-state index contributed by atoms with van der Waals surface area (Å²) in [7, 11) is 1.86. The van der Waals surface area contributed by atoms with E-state index in [0.29, 0.717) is 5.41 Å². The normalized spacial score (nSPS) is 16.3. The van der Waals surface area contributed by atoms with E-state index in [0.717, 1.165) is 50.2 Å². The maximum Gasteiger partial charge on any atom is 0.190 e. The van der Waals surface area contributed by atoms with E-state index < -0.39 is 0 Å². The Morgan fingerprint density at radius 2 is 2.08 bits per heavy atom. The predicted octanol–water partition coefficient (Wildman–Crippen LogP) is 3.97. The predicted molar refractivity (Wildman–Crippen MR) is 117 cm³/mol. The van der Waals surface area contributed by atoms with Gasteiger partial charge in [-0.2, -0.15) is 0 Å². The molecule has 0 saturated heterocycles. The summed E-state index contributed by atoms with van der Waals surface area (Å²) in [6.07, 6.45) is 11.6. The molecule has 0 atom stereocenters. The van der Waals surface area contributed by atoms with Crippen LogP contribution < -0.4 is 10.6 Å². The van der Waals surface area contributed by atoms with Crippen LogP contribution in [0.1, 0.15) is 58.2 Å². The fourth-order valence-electron chi connectivity index (χ4n) is 3.74. The Kier molecular flexibility index (Phi) is 9.82. The second-order valence-corrected chi connectivity index (χ2v) is 7.68. The number of aryl methyl sites for hydroxylation is 2. The van der Waals surface area contributed by atoms with Crippen LogP contribution in [-0.4, -0.2) is 35.6 Å². The summed E-state index contributed by atoms with van der Waals surface area (Å²) < 4.78 is 2.21. The number of imidazole rings is 1. The lowest BCUT2D eigenvalue weighted by molar-refractivity contribution is 0.104. The zero-order valence-electron chi connectivity index (χ0n) is 16.3. The molecular weight excluding hydrogens is 425 g/mol. The minimum Gasteiger partial charge on any atom is -0.356 e. The van der Waals surface area contributed by atoms with Gasteiger partial charge in [0, 0.05) is 39.1 Å². The molecule has 1 heterocycles. The zero-order chi connectivity index (χ0) is 17.4. The van der Waals surface area contributed by atoms with Crippen molar-refractivity contribution in [2.75, 3.05) is 20.1 Å². The fraction of sp³-hybridized carbons (Fsp3) is 0.789. The number of aromatic nitrogens is 2. The van der Waals surface area contributed by atoms with E-state index in [1.54, 1.807) is 0 Å². The molecule has 0 aliphatic heterocycles. The van der Waals surface area contributed by atoms with Gasteiger partial charge in [-0.05, 0) is 50.4 Å². The van der Waals surface area contributed by atoms with Crippen molar-refractivity contribution in [1.82, 2.24) is 20.2 Å². The van der Waals surface area contributed by atoms with Gasteiger partial charge >= 0.3 is 0 Å². The molecule has 0 unspecified atom stereocenters. The van der Waals surface area contributed by atoms with Gasteiger partial charge in [0.2, 0.25) is 0 Å². The number of hydrogen-bond donors (Lipinski definition) is 2. The number of guanidine groups is 1. The summed E-state index contributed by atoms with van der Waals surface area (Å²) >= 11 is 0. The van der Waals surface area contributed by atoms with Crippen LogP contribution in [0.25, 0.3) is 0 Å². The minimum atomic E-state index is 0. The third kappa shape index (κ3) is 7.15. The van der Waals surface area contributed by atoms with Gasteiger partial charge in [0.05, 0.1) is 0 Å². The SMILES string of the molecule is CN=C(NCCCCn1ccnc1C)NCC1(CC(C)C)CCC1.I. The summed E-state index contributed by atoms with van der Waals surface area (Å²) in [6, 6.07) is 0. The number of rotatable bonds is 9. The van der Waals surface area contributed by atoms with Crippen LogP contribution in [0, 0.1) is 18.3 Å². The van der Waals surface area contributed by atoms with Gasteiger partial charge in [-0.15, -0.1) is 24.0 Å². The first kappa shape index (κ1) is 22.3. The molecule has 0 aromatic carbocycles. The van der Waals surface area contributed by atoms with Crippen molar-refractivity contribution < 1.29 is 0 Å². The largest absolute Gasteiger partial charge is 0.356 e. The molecule has 1 fully saturated rings. The first-order valence-corrected chi connectivity index (χ1v) is 9.47. The molecular formula is C19H36IN5. The first-order chi connectivity index (χ1) is 11.5. The maximum absolute atomic E-state index is 4.37. The second kappa shape index (κ2) is 11.0. The summed E-state index contributed by atoms with van der Waals surface area (Å²) in [6.45, 7) is 9.77. The van der Waals surface area contributed by atoms with Gasteiger partial charge in [-0.1, -0.05) is 20.3 Å². The first-order valence-electron chi connectivity index (χ1n) is 9.47. The van der Waals surface area contributed by atoms with Crippen LogP contribution in [0.2, 0.25) is 0 Å². The molecule has 0 spiro atoms. The topological polar surface area (TPSA) is 54.2 Å². The molecule has 25 heavy (non-hydrogen) atoms. The van der Waals surface area contributed by atoms with Crippen molar-refractivity contribution in [3.8, 4) is 0 Å². The van der Waals surface area contributed by atoms with Gasteiger partial charge in [-0.25, -0.2) is 4.98 Å². The van der Waals surface area contributed by atoms with Gasteiger partial charge in [0.1, 0.15) is 5.82 Å². The Hall–Kier alpha value is -0.790. The van der Waals surface area contributed by atoms with Crippen molar-refractivity contribution in [2.45, 2.75) is 65.8 Å². The quantitative estimate of drug-likeness (QED) is 0.253. The second-order valence-electron chi connectivity index (χ2n) is 7.68. The molecule has 2 rings (SSSR count). The lowest BCUT2D eigenvalue weighted by Crippen LogP contribution is -2.47. The Labute approximate surface area is 170 Å².